The normalized spacial score (nSPS) is 17.2. The second-order valence-electron chi connectivity index (χ2n) is 8.04. The molecule has 2 unspecified atom stereocenters. The van der Waals surface area contributed by atoms with E-state index in [2.05, 4.69) is 91.2 Å². The van der Waals surface area contributed by atoms with Gasteiger partial charge in [-0.3, -0.25) is 4.90 Å². The van der Waals surface area contributed by atoms with Crippen molar-refractivity contribution in [3.63, 3.8) is 0 Å². The lowest BCUT2D eigenvalue weighted by molar-refractivity contribution is -0.0103. The van der Waals surface area contributed by atoms with Gasteiger partial charge in [0.25, 0.3) is 0 Å². The van der Waals surface area contributed by atoms with Gasteiger partial charge in [-0.25, -0.2) is 0 Å². The molecule has 0 aliphatic carbocycles. The van der Waals surface area contributed by atoms with Gasteiger partial charge in [0.15, 0.2) is 0 Å². The molecule has 0 radical (unpaired) electrons. The summed E-state index contributed by atoms with van der Waals surface area (Å²) >= 11 is 0. The fourth-order valence-electron chi connectivity index (χ4n) is 3.92. The van der Waals surface area contributed by atoms with Crippen LogP contribution in [0.5, 0.6) is 0 Å². The van der Waals surface area contributed by atoms with Gasteiger partial charge in [0, 0.05) is 31.9 Å². The van der Waals surface area contributed by atoms with E-state index in [9.17, 15) is 0 Å². The first-order chi connectivity index (χ1) is 13.1. The Balaban J connectivity index is 1.90. The maximum absolute atomic E-state index is 6.33. The van der Waals surface area contributed by atoms with Gasteiger partial charge in [0.1, 0.15) is 6.17 Å². The number of rotatable bonds is 9. The summed E-state index contributed by atoms with van der Waals surface area (Å²) in [6.45, 7) is 10.7. The highest BCUT2D eigenvalue weighted by Crippen LogP contribution is 2.27. The minimum absolute atomic E-state index is 0.148. The summed E-state index contributed by atoms with van der Waals surface area (Å²) in [5.74, 6) is 0.547. The molecule has 1 fully saturated rings. The lowest BCUT2D eigenvalue weighted by atomic mass is 10.1. The molecule has 0 amide bonds. The lowest BCUT2D eigenvalue weighted by Gasteiger charge is -2.42. The molecule has 1 aliphatic rings. The molecule has 3 heteroatoms. The fraction of sp³-hybridized carbons (Fsp3) is 0.500. The number of nitrogens with zero attached hydrogens (tertiary/aromatic N) is 2. The number of hydrogen-bond donors (Lipinski definition) is 0. The minimum Gasteiger partial charge on any atom is -0.375 e. The van der Waals surface area contributed by atoms with Crippen LogP contribution < -0.4 is 4.90 Å². The van der Waals surface area contributed by atoms with Gasteiger partial charge in [-0.05, 0) is 43.4 Å². The standard InChI is InChI=1S/C24H34N2O/c1-20(2)19-27-21(3)24(25-16-10-11-17-25)26(23-14-8-5-9-15-23)18-22-12-6-4-7-13-22/h4-9,12-15,20-21,24H,10-11,16-19H2,1-3H3. The molecular formula is C24H34N2O. The molecule has 2 aromatic carbocycles. The Labute approximate surface area is 164 Å². The maximum atomic E-state index is 6.33. The third-order valence-electron chi connectivity index (χ3n) is 5.23. The van der Waals surface area contributed by atoms with Crippen LogP contribution in [0.1, 0.15) is 39.2 Å². The zero-order chi connectivity index (χ0) is 19.1. The highest BCUT2D eigenvalue weighted by atomic mass is 16.5. The van der Waals surface area contributed by atoms with Gasteiger partial charge in [-0.15, -0.1) is 0 Å². The Bertz CT molecular complexity index is 653. The third kappa shape index (κ3) is 5.57. The van der Waals surface area contributed by atoms with Crippen molar-refractivity contribution in [2.45, 2.75) is 52.4 Å². The van der Waals surface area contributed by atoms with Crippen LogP contribution in [0.15, 0.2) is 60.7 Å². The van der Waals surface area contributed by atoms with Crippen LogP contribution in [-0.2, 0) is 11.3 Å². The number of para-hydroxylation sites is 1. The molecule has 1 heterocycles. The van der Waals surface area contributed by atoms with E-state index < -0.39 is 0 Å². The van der Waals surface area contributed by atoms with E-state index >= 15 is 0 Å². The zero-order valence-electron chi connectivity index (χ0n) is 17.1. The highest BCUT2D eigenvalue weighted by molar-refractivity contribution is 5.48. The van der Waals surface area contributed by atoms with Crippen molar-refractivity contribution in [1.29, 1.82) is 0 Å². The first-order valence-corrected chi connectivity index (χ1v) is 10.4. The molecule has 2 atom stereocenters. The first kappa shape index (κ1) is 19.9. The predicted octanol–water partition coefficient (Wildman–Crippen LogP) is 5.18. The van der Waals surface area contributed by atoms with Gasteiger partial charge >= 0.3 is 0 Å². The average Bonchev–Trinajstić information content (AvgIpc) is 3.21. The summed E-state index contributed by atoms with van der Waals surface area (Å²) < 4.78 is 6.33. The topological polar surface area (TPSA) is 15.7 Å². The Morgan fingerprint density at radius 2 is 1.48 bits per heavy atom. The SMILES string of the molecule is CC(C)COC(C)C(N1CCCC1)N(Cc1ccccc1)c1ccccc1. The van der Waals surface area contributed by atoms with Crippen LogP contribution in [0.3, 0.4) is 0 Å². The zero-order valence-corrected chi connectivity index (χ0v) is 17.1. The third-order valence-corrected chi connectivity index (χ3v) is 5.23. The largest absolute Gasteiger partial charge is 0.375 e. The summed E-state index contributed by atoms with van der Waals surface area (Å²) in [4.78, 5) is 5.15. The predicted molar refractivity (Wildman–Crippen MR) is 114 cm³/mol. The van der Waals surface area contributed by atoms with Crippen molar-refractivity contribution in [2.75, 3.05) is 24.6 Å². The Morgan fingerprint density at radius 3 is 2.07 bits per heavy atom. The van der Waals surface area contributed by atoms with Crippen LogP contribution in [0.25, 0.3) is 0 Å². The minimum atomic E-state index is 0.148. The Morgan fingerprint density at radius 1 is 0.889 bits per heavy atom. The van der Waals surface area contributed by atoms with Crippen LogP contribution in [0.4, 0.5) is 5.69 Å². The van der Waals surface area contributed by atoms with Crippen LogP contribution in [-0.4, -0.2) is 36.9 Å². The molecule has 1 aliphatic heterocycles. The molecule has 0 bridgehead atoms. The summed E-state index contributed by atoms with van der Waals surface area (Å²) in [6, 6.07) is 21.6. The van der Waals surface area contributed by atoms with E-state index in [0.29, 0.717) is 5.92 Å². The molecule has 27 heavy (non-hydrogen) atoms. The Kier molecular flexibility index (Phi) is 7.31. The molecule has 0 spiro atoms. The first-order valence-electron chi connectivity index (χ1n) is 10.4. The second-order valence-corrected chi connectivity index (χ2v) is 8.04. The number of hydrogen-bond acceptors (Lipinski definition) is 3. The van der Waals surface area contributed by atoms with E-state index in [1.54, 1.807) is 0 Å². The molecule has 2 aromatic rings. The smallest absolute Gasteiger partial charge is 0.109 e. The Hall–Kier alpha value is -1.84. The maximum Gasteiger partial charge on any atom is 0.109 e. The summed E-state index contributed by atoms with van der Waals surface area (Å²) in [6.07, 6.45) is 2.95. The van der Waals surface area contributed by atoms with Gasteiger partial charge in [-0.2, -0.15) is 0 Å². The van der Waals surface area contributed by atoms with E-state index in [0.717, 1.165) is 26.2 Å². The monoisotopic (exact) mass is 366 g/mol. The molecule has 3 rings (SSSR count). The van der Waals surface area contributed by atoms with Crippen LogP contribution in [0, 0.1) is 5.92 Å². The number of likely N-dealkylation sites (tertiary alicyclic amines) is 1. The van der Waals surface area contributed by atoms with Crippen LogP contribution in [0.2, 0.25) is 0 Å². The summed E-state index contributed by atoms with van der Waals surface area (Å²) in [7, 11) is 0. The number of benzene rings is 2. The fourth-order valence-corrected chi connectivity index (χ4v) is 3.92. The van der Waals surface area contributed by atoms with Crippen molar-refractivity contribution in [1.82, 2.24) is 4.90 Å². The van der Waals surface area contributed by atoms with Crippen molar-refractivity contribution in [3.05, 3.63) is 66.2 Å². The molecule has 0 saturated carbocycles. The van der Waals surface area contributed by atoms with Gasteiger partial charge in [-0.1, -0.05) is 62.4 Å². The lowest BCUT2D eigenvalue weighted by Crippen LogP contribution is -2.54. The van der Waals surface area contributed by atoms with E-state index in [1.165, 1.54) is 24.1 Å². The van der Waals surface area contributed by atoms with Gasteiger partial charge in [0.2, 0.25) is 0 Å². The van der Waals surface area contributed by atoms with E-state index in [-0.39, 0.29) is 12.3 Å². The van der Waals surface area contributed by atoms with Crippen molar-refractivity contribution in [3.8, 4) is 0 Å². The molecule has 0 N–H and O–H groups in total. The van der Waals surface area contributed by atoms with Crippen molar-refractivity contribution in [2.24, 2.45) is 5.92 Å². The van der Waals surface area contributed by atoms with Gasteiger partial charge < -0.3 is 9.64 Å². The summed E-state index contributed by atoms with van der Waals surface area (Å²) in [5.41, 5.74) is 2.60. The molecule has 146 valence electrons. The summed E-state index contributed by atoms with van der Waals surface area (Å²) in [5, 5.41) is 0. The number of anilines is 1. The van der Waals surface area contributed by atoms with Crippen LogP contribution >= 0.6 is 0 Å². The van der Waals surface area contributed by atoms with Crippen molar-refractivity contribution < 1.29 is 4.74 Å². The molecule has 3 nitrogen and oxygen atoms in total. The average molecular weight is 367 g/mol. The quantitative estimate of drug-likeness (QED) is 0.608. The van der Waals surface area contributed by atoms with Gasteiger partial charge in [0.05, 0.1) is 6.10 Å². The molecular weight excluding hydrogens is 332 g/mol. The van der Waals surface area contributed by atoms with Crippen molar-refractivity contribution >= 4 is 5.69 Å². The highest BCUT2D eigenvalue weighted by Gasteiger charge is 2.33. The van der Waals surface area contributed by atoms with E-state index in [1.807, 2.05) is 0 Å². The molecule has 0 aromatic heterocycles. The molecule has 1 saturated heterocycles. The van der Waals surface area contributed by atoms with E-state index in [4.69, 9.17) is 4.74 Å². The number of ether oxygens (including phenoxy) is 1. The second kappa shape index (κ2) is 9.91.